The zero-order chi connectivity index (χ0) is 11.7. The lowest BCUT2D eigenvalue weighted by molar-refractivity contribution is 0.174. The molecule has 1 aliphatic carbocycles. The highest BCUT2D eigenvalue weighted by atomic mass is 19.1. The number of imidazole rings is 1. The van der Waals surface area contributed by atoms with Crippen LogP contribution >= 0.6 is 0 Å². The molecule has 0 aromatic carbocycles. The van der Waals surface area contributed by atoms with E-state index >= 15 is 0 Å². The van der Waals surface area contributed by atoms with E-state index in [2.05, 4.69) is 15.0 Å². The third kappa shape index (κ3) is 2.20. The molecule has 1 N–H and O–H groups in total. The maximum atomic E-state index is 12.8. The molecule has 0 unspecified atom stereocenters. The number of nitrogens with zero attached hydrogens (tertiary/aromatic N) is 2. The van der Waals surface area contributed by atoms with Gasteiger partial charge in [0.15, 0.2) is 0 Å². The van der Waals surface area contributed by atoms with Crippen molar-refractivity contribution in [2.75, 3.05) is 0 Å². The van der Waals surface area contributed by atoms with E-state index < -0.39 is 6.17 Å². The number of hydrogen-bond acceptors (Lipinski definition) is 2. The highest BCUT2D eigenvalue weighted by Gasteiger charge is 2.32. The van der Waals surface area contributed by atoms with Gasteiger partial charge in [0.1, 0.15) is 12.0 Å². The van der Waals surface area contributed by atoms with Crippen LogP contribution in [0.1, 0.15) is 35.8 Å². The summed E-state index contributed by atoms with van der Waals surface area (Å²) in [6, 6.07) is 3.96. The number of pyridine rings is 1. The van der Waals surface area contributed by atoms with Crippen molar-refractivity contribution >= 4 is 0 Å². The van der Waals surface area contributed by atoms with Crippen LogP contribution in [0.25, 0.3) is 0 Å². The van der Waals surface area contributed by atoms with Crippen LogP contribution in [0.3, 0.4) is 0 Å². The average Bonchev–Trinajstić information content (AvgIpc) is 2.74. The van der Waals surface area contributed by atoms with Crippen LogP contribution in [0.4, 0.5) is 4.39 Å². The Bertz CT molecular complexity index is 488. The van der Waals surface area contributed by atoms with Crippen LogP contribution in [-0.4, -0.2) is 21.1 Å². The molecule has 0 aliphatic heterocycles. The van der Waals surface area contributed by atoms with Crippen molar-refractivity contribution in [1.29, 1.82) is 0 Å². The second-order valence-electron chi connectivity index (χ2n) is 4.57. The number of H-pyrrole nitrogens is 1. The minimum absolute atomic E-state index is 0.288. The van der Waals surface area contributed by atoms with Crippen molar-refractivity contribution in [1.82, 2.24) is 15.0 Å². The fourth-order valence-corrected chi connectivity index (χ4v) is 2.16. The predicted octanol–water partition coefficient (Wildman–Crippen LogP) is 2.61. The van der Waals surface area contributed by atoms with Crippen molar-refractivity contribution in [3.8, 4) is 0 Å². The first kappa shape index (κ1) is 10.4. The molecule has 1 saturated carbocycles. The second kappa shape index (κ2) is 4.28. The lowest BCUT2D eigenvalue weighted by Gasteiger charge is -2.27. The predicted molar refractivity (Wildman–Crippen MR) is 62.5 cm³/mol. The molecule has 0 atom stereocenters. The van der Waals surface area contributed by atoms with E-state index in [1.165, 1.54) is 5.56 Å². The summed E-state index contributed by atoms with van der Waals surface area (Å²) >= 11 is 0. The molecule has 3 nitrogen and oxygen atoms in total. The zero-order valence-electron chi connectivity index (χ0n) is 9.44. The number of rotatable bonds is 3. The third-order valence-corrected chi connectivity index (χ3v) is 3.25. The normalized spacial score (nSPS) is 23.4. The van der Waals surface area contributed by atoms with E-state index in [0.717, 1.165) is 17.9 Å². The Morgan fingerprint density at radius 1 is 1.29 bits per heavy atom. The van der Waals surface area contributed by atoms with E-state index in [0.29, 0.717) is 12.8 Å². The Morgan fingerprint density at radius 2 is 2.06 bits per heavy atom. The van der Waals surface area contributed by atoms with Gasteiger partial charge >= 0.3 is 0 Å². The van der Waals surface area contributed by atoms with Crippen LogP contribution in [0.5, 0.6) is 0 Å². The highest BCUT2D eigenvalue weighted by molar-refractivity contribution is 5.19. The van der Waals surface area contributed by atoms with Crippen LogP contribution in [-0.2, 0) is 6.42 Å². The van der Waals surface area contributed by atoms with Crippen LogP contribution in [0, 0.1) is 0 Å². The van der Waals surface area contributed by atoms with E-state index in [4.69, 9.17) is 0 Å². The van der Waals surface area contributed by atoms with Crippen LogP contribution in [0.2, 0.25) is 0 Å². The number of hydrogen-bond donors (Lipinski definition) is 1. The van der Waals surface area contributed by atoms with Gasteiger partial charge in [0, 0.05) is 30.9 Å². The number of halogens is 1. The summed E-state index contributed by atoms with van der Waals surface area (Å²) in [5, 5.41) is 0. The molecule has 3 rings (SSSR count). The monoisotopic (exact) mass is 231 g/mol. The van der Waals surface area contributed by atoms with Crippen molar-refractivity contribution in [3.63, 3.8) is 0 Å². The van der Waals surface area contributed by atoms with Gasteiger partial charge in [-0.25, -0.2) is 9.37 Å². The summed E-state index contributed by atoms with van der Waals surface area (Å²) in [5.41, 5.74) is 2.20. The molecule has 88 valence electrons. The molecule has 0 amide bonds. The zero-order valence-corrected chi connectivity index (χ0v) is 9.44. The second-order valence-corrected chi connectivity index (χ2v) is 4.57. The SMILES string of the molecule is F[C@H]1C[C@H](c2nc(Cc3ccncc3)c[nH]2)C1. The largest absolute Gasteiger partial charge is 0.348 e. The van der Waals surface area contributed by atoms with Gasteiger partial charge < -0.3 is 4.98 Å². The van der Waals surface area contributed by atoms with Crippen LogP contribution < -0.4 is 0 Å². The molecule has 4 heteroatoms. The number of aromatic amines is 1. The fourth-order valence-electron chi connectivity index (χ4n) is 2.16. The number of alkyl halides is 1. The van der Waals surface area contributed by atoms with Gasteiger partial charge in [-0.05, 0) is 30.5 Å². The fraction of sp³-hybridized carbons (Fsp3) is 0.385. The van der Waals surface area contributed by atoms with E-state index in [1.54, 1.807) is 12.4 Å². The van der Waals surface area contributed by atoms with Crippen molar-refractivity contribution in [3.05, 3.63) is 47.8 Å². The third-order valence-electron chi connectivity index (χ3n) is 3.25. The minimum Gasteiger partial charge on any atom is -0.348 e. The number of aromatic nitrogens is 3. The topological polar surface area (TPSA) is 41.6 Å². The molecule has 1 fully saturated rings. The Hall–Kier alpha value is -1.71. The molecule has 1 aliphatic rings. The molecule has 17 heavy (non-hydrogen) atoms. The summed E-state index contributed by atoms with van der Waals surface area (Å²) in [6.45, 7) is 0. The summed E-state index contributed by atoms with van der Waals surface area (Å²) < 4.78 is 12.8. The minimum atomic E-state index is -0.631. The lowest BCUT2D eigenvalue weighted by Crippen LogP contribution is -2.23. The van der Waals surface area contributed by atoms with Crippen molar-refractivity contribution < 1.29 is 4.39 Å². The lowest BCUT2D eigenvalue weighted by atomic mass is 9.83. The van der Waals surface area contributed by atoms with Gasteiger partial charge in [-0.15, -0.1) is 0 Å². The maximum Gasteiger partial charge on any atom is 0.109 e. The van der Waals surface area contributed by atoms with Gasteiger partial charge in [-0.2, -0.15) is 0 Å². The molecule has 0 radical (unpaired) electrons. The first-order chi connectivity index (χ1) is 8.31. The van der Waals surface area contributed by atoms with E-state index in [1.807, 2.05) is 18.3 Å². The van der Waals surface area contributed by atoms with Crippen molar-refractivity contribution in [2.24, 2.45) is 0 Å². The van der Waals surface area contributed by atoms with E-state index in [-0.39, 0.29) is 5.92 Å². The quantitative estimate of drug-likeness (QED) is 0.882. The van der Waals surface area contributed by atoms with Gasteiger partial charge in [-0.1, -0.05) is 0 Å². The molecule has 0 spiro atoms. The smallest absolute Gasteiger partial charge is 0.109 e. The first-order valence-electron chi connectivity index (χ1n) is 5.88. The Labute approximate surface area is 99.1 Å². The summed E-state index contributed by atoms with van der Waals surface area (Å²) in [6.07, 6.45) is 6.87. The molecule has 0 saturated heterocycles. The highest BCUT2D eigenvalue weighted by Crippen LogP contribution is 2.37. The average molecular weight is 231 g/mol. The standard InChI is InChI=1S/C13H14FN3/c14-11-6-10(7-11)13-16-8-12(17-13)5-9-1-3-15-4-2-9/h1-4,8,10-11H,5-7H2,(H,16,17)/t10-,11-. The van der Waals surface area contributed by atoms with Gasteiger partial charge in [0.25, 0.3) is 0 Å². The van der Waals surface area contributed by atoms with Gasteiger partial charge in [-0.3, -0.25) is 4.98 Å². The van der Waals surface area contributed by atoms with Gasteiger partial charge in [0.2, 0.25) is 0 Å². The summed E-state index contributed by atoms with van der Waals surface area (Å²) in [7, 11) is 0. The van der Waals surface area contributed by atoms with Crippen LogP contribution in [0.15, 0.2) is 30.7 Å². The summed E-state index contributed by atoms with van der Waals surface area (Å²) in [4.78, 5) is 11.7. The molecule has 0 bridgehead atoms. The number of nitrogens with one attached hydrogen (secondary N) is 1. The Kier molecular flexibility index (Phi) is 2.63. The molecule has 2 aromatic rings. The van der Waals surface area contributed by atoms with E-state index in [9.17, 15) is 4.39 Å². The maximum absolute atomic E-state index is 12.8. The molecular weight excluding hydrogens is 217 g/mol. The van der Waals surface area contributed by atoms with Crippen molar-refractivity contribution in [2.45, 2.75) is 31.4 Å². The Balaban J connectivity index is 1.69. The Morgan fingerprint density at radius 3 is 2.76 bits per heavy atom. The molecular formula is C13H14FN3. The first-order valence-corrected chi connectivity index (χ1v) is 5.88. The summed E-state index contributed by atoms with van der Waals surface area (Å²) in [5.74, 6) is 1.22. The van der Waals surface area contributed by atoms with Gasteiger partial charge in [0.05, 0.1) is 5.69 Å². The molecule has 2 heterocycles. The molecule has 2 aromatic heterocycles.